The largest absolute Gasteiger partial charge is 0.370 e. The van der Waals surface area contributed by atoms with Crippen molar-refractivity contribution in [3.63, 3.8) is 0 Å². The minimum atomic E-state index is 0.585. The fourth-order valence-electron chi connectivity index (χ4n) is 2.94. The Morgan fingerprint density at radius 3 is 2.70 bits per heavy atom. The molecule has 20 heavy (non-hydrogen) atoms. The molecular weight excluding hydrogens is 270 g/mol. The normalized spacial score (nSPS) is 15.8. The molecule has 1 fully saturated rings. The second-order valence-corrected chi connectivity index (χ2v) is 6.23. The molecule has 1 aliphatic carbocycles. The van der Waals surface area contributed by atoms with Crippen molar-refractivity contribution in [2.24, 2.45) is 5.92 Å². The van der Waals surface area contributed by atoms with Crippen LogP contribution in [-0.2, 0) is 6.42 Å². The lowest BCUT2D eigenvalue weighted by Gasteiger charge is -2.12. The lowest BCUT2D eigenvalue weighted by molar-refractivity contribution is 0.491. The number of nitrogens with one attached hydrogen (secondary N) is 1. The van der Waals surface area contributed by atoms with Crippen molar-refractivity contribution in [1.29, 1.82) is 0 Å². The predicted octanol–water partition coefficient (Wildman–Crippen LogP) is 4.77. The van der Waals surface area contributed by atoms with E-state index in [4.69, 9.17) is 11.6 Å². The Morgan fingerprint density at radius 1 is 1.25 bits per heavy atom. The van der Waals surface area contributed by atoms with Crippen molar-refractivity contribution in [3.05, 3.63) is 16.5 Å². The molecule has 1 aromatic heterocycles. The van der Waals surface area contributed by atoms with E-state index in [9.17, 15) is 0 Å². The molecule has 0 aromatic carbocycles. The number of hydrogen-bond donors (Lipinski definition) is 1. The third kappa shape index (κ3) is 4.34. The van der Waals surface area contributed by atoms with Crippen molar-refractivity contribution in [2.75, 3.05) is 11.9 Å². The molecule has 0 atom stereocenters. The van der Waals surface area contributed by atoms with E-state index in [0.717, 1.165) is 42.5 Å². The van der Waals surface area contributed by atoms with Crippen molar-refractivity contribution in [1.82, 2.24) is 9.97 Å². The van der Waals surface area contributed by atoms with Gasteiger partial charge in [0, 0.05) is 18.5 Å². The second kappa shape index (κ2) is 7.82. The molecular formula is C16H26ClN3. The smallest absolute Gasteiger partial charge is 0.137 e. The molecule has 0 amide bonds. The van der Waals surface area contributed by atoms with Crippen LogP contribution in [0.5, 0.6) is 0 Å². The van der Waals surface area contributed by atoms with Crippen LogP contribution in [0, 0.1) is 12.8 Å². The van der Waals surface area contributed by atoms with E-state index in [1.807, 2.05) is 6.92 Å². The Labute approximate surface area is 127 Å². The summed E-state index contributed by atoms with van der Waals surface area (Å²) in [6.07, 6.45) is 10.2. The Kier molecular flexibility index (Phi) is 6.08. The first-order chi connectivity index (χ1) is 9.70. The minimum Gasteiger partial charge on any atom is -0.370 e. The summed E-state index contributed by atoms with van der Waals surface area (Å²) in [4.78, 5) is 8.91. The standard InChI is InChI=1S/C16H26ClN3/c1-3-7-14-19-15(17)12(2)16(20-14)18-11-6-10-13-8-4-5-9-13/h13H,3-11H2,1-2H3,(H,18,19,20). The van der Waals surface area contributed by atoms with Gasteiger partial charge < -0.3 is 5.32 Å². The van der Waals surface area contributed by atoms with Gasteiger partial charge in [0.25, 0.3) is 0 Å². The lowest BCUT2D eigenvalue weighted by Crippen LogP contribution is -2.09. The molecule has 0 bridgehead atoms. The molecule has 0 aliphatic heterocycles. The van der Waals surface area contributed by atoms with Crippen LogP contribution in [0.3, 0.4) is 0 Å². The summed E-state index contributed by atoms with van der Waals surface area (Å²) in [7, 11) is 0. The number of anilines is 1. The third-order valence-corrected chi connectivity index (χ3v) is 4.53. The van der Waals surface area contributed by atoms with Crippen molar-refractivity contribution in [2.45, 2.75) is 65.2 Å². The van der Waals surface area contributed by atoms with E-state index in [1.54, 1.807) is 0 Å². The molecule has 1 heterocycles. The minimum absolute atomic E-state index is 0.585. The van der Waals surface area contributed by atoms with Gasteiger partial charge in [0.2, 0.25) is 0 Å². The quantitative estimate of drug-likeness (QED) is 0.581. The third-order valence-electron chi connectivity index (χ3n) is 4.16. The van der Waals surface area contributed by atoms with Gasteiger partial charge in [0.15, 0.2) is 0 Å². The highest BCUT2D eigenvalue weighted by molar-refractivity contribution is 6.30. The van der Waals surface area contributed by atoms with Crippen LogP contribution in [-0.4, -0.2) is 16.5 Å². The van der Waals surface area contributed by atoms with E-state index >= 15 is 0 Å². The van der Waals surface area contributed by atoms with Gasteiger partial charge >= 0.3 is 0 Å². The molecule has 1 saturated carbocycles. The second-order valence-electron chi connectivity index (χ2n) is 5.87. The van der Waals surface area contributed by atoms with Crippen molar-refractivity contribution < 1.29 is 0 Å². The molecule has 0 unspecified atom stereocenters. The molecule has 4 heteroatoms. The van der Waals surface area contributed by atoms with Crippen LogP contribution in [0.2, 0.25) is 5.15 Å². The van der Waals surface area contributed by atoms with Crippen molar-refractivity contribution in [3.8, 4) is 0 Å². The Balaban J connectivity index is 1.84. The summed E-state index contributed by atoms with van der Waals surface area (Å²) < 4.78 is 0. The first-order valence-electron chi connectivity index (χ1n) is 7.97. The number of aryl methyl sites for hydroxylation is 1. The molecule has 0 spiro atoms. The molecule has 3 nitrogen and oxygen atoms in total. The predicted molar refractivity (Wildman–Crippen MR) is 85.5 cm³/mol. The number of halogens is 1. The summed E-state index contributed by atoms with van der Waals surface area (Å²) in [5, 5.41) is 4.03. The van der Waals surface area contributed by atoms with Crippen LogP contribution in [0.25, 0.3) is 0 Å². The molecule has 1 aliphatic rings. The summed E-state index contributed by atoms with van der Waals surface area (Å²) in [6.45, 7) is 5.10. The lowest BCUT2D eigenvalue weighted by atomic mass is 10.0. The van der Waals surface area contributed by atoms with Gasteiger partial charge in [-0.3, -0.25) is 0 Å². The molecule has 1 aromatic rings. The molecule has 1 N–H and O–H groups in total. The molecule has 0 radical (unpaired) electrons. The van der Waals surface area contributed by atoms with E-state index in [-0.39, 0.29) is 0 Å². The monoisotopic (exact) mass is 295 g/mol. The number of nitrogens with zero attached hydrogens (tertiary/aromatic N) is 2. The van der Waals surface area contributed by atoms with E-state index in [0.29, 0.717) is 5.15 Å². The van der Waals surface area contributed by atoms with Gasteiger partial charge in [-0.2, -0.15) is 0 Å². The maximum absolute atomic E-state index is 6.18. The average Bonchev–Trinajstić information content (AvgIpc) is 2.93. The fourth-order valence-corrected chi connectivity index (χ4v) is 3.12. The highest BCUT2D eigenvalue weighted by Gasteiger charge is 2.14. The van der Waals surface area contributed by atoms with Crippen LogP contribution in [0.1, 0.15) is 63.3 Å². The zero-order valence-electron chi connectivity index (χ0n) is 12.7. The summed E-state index contributed by atoms with van der Waals surface area (Å²) in [5.41, 5.74) is 0.965. The summed E-state index contributed by atoms with van der Waals surface area (Å²) in [6, 6.07) is 0. The number of aromatic nitrogens is 2. The highest BCUT2D eigenvalue weighted by Crippen LogP contribution is 2.28. The number of rotatable bonds is 7. The van der Waals surface area contributed by atoms with E-state index in [2.05, 4.69) is 22.2 Å². The first-order valence-corrected chi connectivity index (χ1v) is 8.35. The Morgan fingerprint density at radius 2 is 2.00 bits per heavy atom. The molecule has 2 rings (SSSR count). The van der Waals surface area contributed by atoms with Crippen LogP contribution >= 0.6 is 11.6 Å². The van der Waals surface area contributed by atoms with Gasteiger partial charge in [0.05, 0.1) is 0 Å². The maximum Gasteiger partial charge on any atom is 0.137 e. The molecule has 0 saturated heterocycles. The molecule has 112 valence electrons. The van der Waals surface area contributed by atoms with Gasteiger partial charge in [0.1, 0.15) is 16.8 Å². The van der Waals surface area contributed by atoms with E-state index < -0.39 is 0 Å². The first kappa shape index (κ1) is 15.6. The zero-order chi connectivity index (χ0) is 14.4. The average molecular weight is 296 g/mol. The van der Waals surface area contributed by atoms with Gasteiger partial charge in [-0.25, -0.2) is 9.97 Å². The fraction of sp³-hybridized carbons (Fsp3) is 0.750. The maximum atomic E-state index is 6.18. The topological polar surface area (TPSA) is 37.8 Å². The van der Waals surface area contributed by atoms with Crippen molar-refractivity contribution >= 4 is 17.4 Å². The van der Waals surface area contributed by atoms with Crippen LogP contribution < -0.4 is 5.32 Å². The van der Waals surface area contributed by atoms with Crippen LogP contribution in [0.4, 0.5) is 5.82 Å². The highest BCUT2D eigenvalue weighted by atomic mass is 35.5. The Hall–Kier alpha value is -0.830. The van der Waals surface area contributed by atoms with Gasteiger partial charge in [-0.05, 0) is 32.1 Å². The van der Waals surface area contributed by atoms with Gasteiger partial charge in [-0.1, -0.05) is 44.2 Å². The number of hydrogen-bond acceptors (Lipinski definition) is 3. The van der Waals surface area contributed by atoms with E-state index in [1.165, 1.54) is 38.5 Å². The summed E-state index contributed by atoms with van der Waals surface area (Å²) in [5.74, 6) is 2.73. The Bertz CT molecular complexity index is 428. The summed E-state index contributed by atoms with van der Waals surface area (Å²) >= 11 is 6.18. The van der Waals surface area contributed by atoms with Gasteiger partial charge in [-0.15, -0.1) is 0 Å². The van der Waals surface area contributed by atoms with Crippen LogP contribution in [0.15, 0.2) is 0 Å². The SMILES string of the molecule is CCCc1nc(Cl)c(C)c(NCCCC2CCCC2)n1. The zero-order valence-corrected chi connectivity index (χ0v) is 13.5.